The number of aromatic nitrogens is 2. The van der Waals surface area contributed by atoms with Gasteiger partial charge >= 0.3 is 6.18 Å². The van der Waals surface area contributed by atoms with Crippen molar-refractivity contribution in [3.05, 3.63) is 23.8 Å². The van der Waals surface area contributed by atoms with Crippen LogP contribution in [-0.4, -0.2) is 22.2 Å². The van der Waals surface area contributed by atoms with E-state index in [1.165, 1.54) is 0 Å². The maximum Gasteiger partial charge on any atom is 0.393 e. The van der Waals surface area contributed by atoms with Crippen LogP contribution in [0.5, 0.6) is 0 Å². The fraction of sp³-hybridized carbons (Fsp3) is 0.714. The van der Waals surface area contributed by atoms with Gasteiger partial charge in [0, 0.05) is 24.5 Å². The SMILES string of the molecule is Cc1nccnc1C(C)NC1CCCCC1C(F)(F)F. The van der Waals surface area contributed by atoms with E-state index in [9.17, 15) is 13.2 Å². The molecular weight excluding hydrogens is 267 g/mol. The average molecular weight is 287 g/mol. The van der Waals surface area contributed by atoms with Gasteiger partial charge < -0.3 is 5.32 Å². The fourth-order valence-corrected chi connectivity index (χ4v) is 2.97. The van der Waals surface area contributed by atoms with Crippen LogP contribution in [0.25, 0.3) is 0 Å². The molecule has 1 aromatic rings. The summed E-state index contributed by atoms with van der Waals surface area (Å²) in [5, 5.41) is 3.11. The third-order valence-electron chi connectivity index (χ3n) is 3.98. The molecule has 112 valence electrons. The first-order valence-electron chi connectivity index (χ1n) is 7.00. The fourth-order valence-electron chi connectivity index (χ4n) is 2.97. The van der Waals surface area contributed by atoms with Gasteiger partial charge in [0.25, 0.3) is 0 Å². The zero-order chi connectivity index (χ0) is 14.8. The second kappa shape index (κ2) is 6.08. The molecule has 0 saturated heterocycles. The van der Waals surface area contributed by atoms with Crippen molar-refractivity contribution in [3.63, 3.8) is 0 Å². The average Bonchev–Trinajstić information content (AvgIpc) is 2.38. The number of halogens is 3. The van der Waals surface area contributed by atoms with E-state index >= 15 is 0 Å². The summed E-state index contributed by atoms with van der Waals surface area (Å²) in [6.45, 7) is 3.67. The molecule has 1 aromatic heterocycles. The van der Waals surface area contributed by atoms with Crippen molar-refractivity contribution in [2.75, 3.05) is 0 Å². The second-order valence-electron chi connectivity index (χ2n) is 5.45. The monoisotopic (exact) mass is 287 g/mol. The summed E-state index contributed by atoms with van der Waals surface area (Å²) in [6, 6.07) is -0.753. The van der Waals surface area contributed by atoms with Crippen molar-refractivity contribution in [1.82, 2.24) is 15.3 Å². The number of nitrogens with zero attached hydrogens (tertiary/aromatic N) is 2. The molecule has 3 unspecified atom stereocenters. The molecule has 1 N–H and O–H groups in total. The van der Waals surface area contributed by atoms with E-state index in [1.54, 1.807) is 12.4 Å². The number of nitrogens with one attached hydrogen (secondary N) is 1. The van der Waals surface area contributed by atoms with Crippen LogP contribution in [-0.2, 0) is 0 Å². The summed E-state index contributed by atoms with van der Waals surface area (Å²) in [7, 11) is 0. The number of hydrogen-bond donors (Lipinski definition) is 1. The normalized spacial score (nSPS) is 25.4. The maximum atomic E-state index is 13.1. The van der Waals surface area contributed by atoms with Crippen molar-refractivity contribution in [3.8, 4) is 0 Å². The smallest absolute Gasteiger partial charge is 0.305 e. The molecule has 3 atom stereocenters. The van der Waals surface area contributed by atoms with Gasteiger partial charge in [0.1, 0.15) is 0 Å². The number of hydrogen-bond acceptors (Lipinski definition) is 3. The van der Waals surface area contributed by atoms with E-state index in [0.29, 0.717) is 12.8 Å². The molecule has 0 bridgehead atoms. The van der Waals surface area contributed by atoms with Gasteiger partial charge in [-0.25, -0.2) is 0 Å². The molecule has 1 fully saturated rings. The van der Waals surface area contributed by atoms with E-state index in [0.717, 1.165) is 17.8 Å². The van der Waals surface area contributed by atoms with Gasteiger partial charge in [0.05, 0.1) is 17.3 Å². The molecule has 3 nitrogen and oxygen atoms in total. The quantitative estimate of drug-likeness (QED) is 0.923. The Bertz CT molecular complexity index is 448. The predicted octanol–water partition coefficient (Wildman–Crippen LogP) is 3.56. The summed E-state index contributed by atoms with van der Waals surface area (Å²) in [5.41, 5.74) is 1.48. The van der Waals surface area contributed by atoms with Gasteiger partial charge in [0.2, 0.25) is 0 Å². The molecule has 0 aliphatic heterocycles. The lowest BCUT2D eigenvalue weighted by molar-refractivity contribution is -0.189. The van der Waals surface area contributed by atoms with Crippen LogP contribution in [0.3, 0.4) is 0 Å². The van der Waals surface area contributed by atoms with Gasteiger partial charge in [-0.2, -0.15) is 13.2 Å². The first-order chi connectivity index (χ1) is 9.39. The third-order valence-corrected chi connectivity index (χ3v) is 3.98. The van der Waals surface area contributed by atoms with Crippen molar-refractivity contribution in [2.45, 2.75) is 57.8 Å². The van der Waals surface area contributed by atoms with E-state index in [-0.39, 0.29) is 12.5 Å². The summed E-state index contributed by atoms with van der Waals surface area (Å²) in [6.07, 6.45) is 1.31. The molecule has 1 saturated carbocycles. The molecule has 0 aromatic carbocycles. The van der Waals surface area contributed by atoms with Crippen molar-refractivity contribution in [1.29, 1.82) is 0 Å². The largest absolute Gasteiger partial charge is 0.393 e. The van der Waals surface area contributed by atoms with Crippen LogP contribution in [0.15, 0.2) is 12.4 Å². The van der Waals surface area contributed by atoms with E-state index in [2.05, 4.69) is 15.3 Å². The standard InChI is InChI=1S/C14H20F3N3/c1-9-13(19-8-7-18-9)10(2)20-12-6-4-3-5-11(12)14(15,16)17/h7-8,10-12,20H,3-6H2,1-2H3. The Morgan fingerprint density at radius 1 is 1.20 bits per heavy atom. The Morgan fingerprint density at radius 2 is 1.85 bits per heavy atom. The maximum absolute atomic E-state index is 13.1. The third kappa shape index (κ3) is 3.48. The highest BCUT2D eigenvalue weighted by Gasteiger charge is 2.45. The second-order valence-corrected chi connectivity index (χ2v) is 5.45. The zero-order valence-corrected chi connectivity index (χ0v) is 11.7. The van der Waals surface area contributed by atoms with Gasteiger partial charge in [-0.3, -0.25) is 9.97 Å². The first-order valence-corrected chi connectivity index (χ1v) is 7.00. The minimum atomic E-state index is -4.13. The predicted molar refractivity (Wildman–Crippen MR) is 70.1 cm³/mol. The Morgan fingerprint density at radius 3 is 2.50 bits per heavy atom. The minimum absolute atomic E-state index is 0.216. The van der Waals surface area contributed by atoms with Crippen molar-refractivity contribution >= 4 is 0 Å². The highest BCUT2D eigenvalue weighted by atomic mass is 19.4. The van der Waals surface area contributed by atoms with Gasteiger partial charge in [-0.15, -0.1) is 0 Å². The Balaban J connectivity index is 2.09. The van der Waals surface area contributed by atoms with Crippen LogP contribution in [0.4, 0.5) is 13.2 Å². The van der Waals surface area contributed by atoms with E-state index < -0.39 is 18.1 Å². The van der Waals surface area contributed by atoms with Crippen LogP contribution in [0.1, 0.15) is 50.0 Å². The summed E-state index contributed by atoms with van der Waals surface area (Å²) in [4.78, 5) is 8.36. The lowest BCUT2D eigenvalue weighted by Crippen LogP contribution is -2.46. The van der Waals surface area contributed by atoms with Crippen molar-refractivity contribution < 1.29 is 13.2 Å². The van der Waals surface area contributed by atoms with Crippen LogP contribution < -0.4 is 5.32 Å². The van der Waals surface area contributed by atoms with Crippen LogP contribution in [0.2, 0.25) is 0 Å². The van der Waals surface area contributed by atoms with E-state index in [4.69, 9.17) is 0 Å². The Hall–Kier alpha value is -1.17. The highest BCUT2D eigenvalue weighted by molar-refractivity contribution is 5.13. The molecule has 2 rings (SSSR count). The topological polar surface area (TPSA) is 37.8 Å². The molecule has 0 amide bonds. The summed E-state index contributed by atoms with van der Waals surface area (Å²) in [5.74, 6) is -1.25. The van der Waals surface area contributed by atoms with Crippen LogP contribution >= 0.6 is 0 Å². The lowest BCUT2D eigenvalue weighted by atomic mass is 9.83. The van der Waals surface area contributed by atoms with Gasteiger partial charge in [-0.05, 0) is 26.7 Å². The Labute approximate surface area is 117 Å². The molecule has 20 heavy (non-hydrogen) atoms. The van der Waals surface area contributed by atoms with Crippen LogP contribution in [0, 0.1) is 12.8 Å². The molecule has 0 spiro atoms. The number of aryl methyl sites for hydroxylation is 1. The molecule has 6 heteroatoms. The van der Waals surface area contributed by atoms with E-state index in [1.807, 2.05) is 13.8 Å². The molecule has 1 aliphatic rings. The zero-order valence-electron chi connectivity index (χ0n) is 11.7. The summed E-state index contributed by atoms with van der Waals surface area (Å²) >= 11 is 0. The molecule has 1 heterocycles. The molecule has 1 aliphatic carbocycles. The first kappa shape index (κ1) is 15.2. The van der Waals surface area contributed by atoms with Gasteiger partial charge in [0.15, 0.2) is 0 Å². The van der Waals surface area contributed by atoms with Crippen molar-refractivity contribution in [2.24, 2.45) is 5.92 Å². The highest BCUT2D eigenvalue weighted by Crippen LogP contribution is 2.38. The Kier molecular flexibility index (Phi) is 4.62. The molecular formula is C14H20F3N3. The van der Waals surface area contributed by atoms with Gasteiger partial charge in [-0.1, -0.05) is 12.8 Å². The summed E-state index contributed by atoms with van der Waals surface area (Å²) < 4.78 is 39.2. The number of alkyl halides is 3. The number of rotatable bonds is 3. The molecule has 0 radical (unpaired) electrons. The minimum Gasteiger partial charge on any atom is -0.305 e. The lowest BCUT2D eigenvalue weighted by Gasteiger charge is -2.35.